The summed E-state index contributed by atoms with van der Waals surface area (Å²) in [6.45, 7) is 0.715. The van der Waals surface area contributed by atoms with Gasteiger partial charge in [0.2, 0.25) is 11.8 Å². The zero-order valence-corrected chi connectivity index (χ0v) is 15.6. The second-order valence-electron chi connectivity index (χ2n) is 6.81. The Hall–Kier alpha value is -3.56. The third-order valence-corrected chi connectivity index (χ3v) is 4.92. The summed E-state index contributed by atoms with van der Waals surface area (Å²) in [5.41, 5.74) is -0.337. The number of carbonyl (C=O) groups is 4. The van der Waals surface area contributed by atoms with Gasteiger partial charge in [0.1, 0.15) is 12.2 Å². The van der Waals surface area contributed by atoms with Crippen LogP contribution >= 0.6 is 0 Å². The summed E-state index contributed by atoms with van der Waals surface area (Å²) in [6, 6.07) is 5.54. The number of hydrogen-bond acceptors (Lipinski definition) is 7. The van der Waals surface area contributed by atoms with Gasteiger partial charge in [0.25, 0.3) is 11.6 Å². The molecule has 3 amide bonds. The fourth-order valence-corrected chi connectivity index (χ4v) is 3.41. The first kappa shape index (κ1) is 20.2. The number of anilines is 1. The Labute approximate surface area is 165 Å². The van der Waals surface area contributed by atoms with E-state index in [1.165, 1.54) is 31.2 Å². The minimum Gasteiger partial charge on any atom is -0.451 e. The first-order valence-electron chi connectivity index (χ1n) is 9.03. The van der Waals surface area contributed by atoms with Crippen molar-refractivity contribution in [2.24, 2.45) is 11.8 Å². The molecule has 0 radical (unpaired) electrons. The highest BCUT2D eigenvalue weighted by Gasteiger charge is 2.47. The molecule has 152 valence electrons. The molecule has 0 spiro atoms. The lowest BCUT2D eigenvalue weighted by Gasteiger charge is -2.17. The molecule has 10 heteroatoms. The van der Waals surface area contributed by atoms with Gasteiger partial charge in [0.15, 0.2) is 6.10 Å². The molecule has 3 unspecified atom stereocenters. The lowest BCUT2D eigenvalue weighted by atomic mass is 9.85. The summed E-state index contributed by atoms with van der Waals surface area (Å²) in [5.74, 6) is -3.44. The van der Waals surface area contributed by atoms with E-state index in [2.05, 4.69) is 5.32 Å². The van der Waals surface area contributed by atoms with Crippen LogP contribution in [0.2, 0.25) is 0 Å². The molecular weight excluding hydrogens is 382 g/mol. The number of benzene rings is 1. The van der Waals surface area contributed by atoms with Crippen molar-refractivity contribution in [3.05, 3.63) is 46.5 Å². The standard InChI is InChI=1S/C19H19N3O7/c1-11(17(24)20-14-8-4-5-9-15(14)22(27)28)29-16(23)10-21-18(25)12-6-2-3-7-13(12)19(21)26/h2-5,8-9,11-13H,6-7,10H2,1H3,(H,20,24). The average molecular weight is 401 g/mol. The van der Waals surface area contributed by atoms with E-state index in [1.54, 1.807) is 0 Å². The van der Waals surface area contributed by atoms with Gasteiger partial charge in [-0.2, -0.15) is 0 Å². The Kier molecular flexibility index (Phi) is 5.71. The molecule has 10 nitrogen and oxygen atoms in total. The van der Waals surface area contributed by atoms with E-state index in [1.807, 2.05) is 12.2 Å². The van der Waals surface area contributed by atoms with Gasteiger partial charge in [-0.25, -0.2) is 0 Å². The van der Waals surface area contributed by atoms with Crippen LogP contribution in [0.15, 0.2) is 36.4 Å². The third-order valence-electron chi connectivity index (χ3n) is 4.92. The number of amides is 3. The van der Waals surface area contributed by atoms with Crippen molar-refractivity contribution < 1.29 is 28.8 Å². The first-order chi connectivity index (χ1) is 13.8. The minimum atomic E-state index is -1.28. The fraction of sp³-hybridized carbons (Fsp3) is 0.368. The van der Waals surface area contributed by atoms with Gasteiger partial charge in [-0.3, -0.25) is 34.2 Å². The smallest absolute Gasteiger partial charge is 0.326 e. The molecule has 3 atom stereocenters. The summed E-state index contributed by atoms with van der Waals surface area (Å²) >= 11 is 0. The van der Waals surface area contributed by atoms with E-state index in [0.717, 1.165) is 4.90 Å². The highest BCUT2D eigenvalue weighted by atomic mass is 16.6. The fourth-order valence-electron chi connectivity index (χ4n) is 3.41. The molecule has 29 heavy (non-hydrogen) atoms. The molecule has 1 saturated heterocycles. The average Bonchev–Trinajstić information content (AvgIpc) is 2.93. The van der Waals surface area contributed by atoms with Gasteiger partial charge >= 0.3 is 5.97 Å². The largest absolute Gasteiger partial charge is 0.451 e. The van der Waals surface area contributed by atoms with Gasteiger partial charge < -0.3 is 10.1 Å². The number of likely N-dealkylation sites (tertiary alicyclic amines) is 1. The Bertz CT molecular complexity index is 885. The molecule has 0 bridgehead atoms. The van der Waals surface area contributed by atoms with Crippen LogP contribution in [0, 0.1) is 22.0 Å². The van der Waals surface area contributed by atoms with Crippen LogP contribution in [0.5, 0.6) is 0 Å². The number of nitrogens with zero attached hydrogens (tertiary/aromatic N) is 2. The van der Waals surface area contributed by atoms with Crippen molar-refractivity contribution in [3.8, 4) is 0 Å². The van der Waals surface area contributed by atoms with E-state index in [0.29, 0.717) is 12.8 Å². The topological polar surface area (TPSA) is 136 Å². The molecular formula is C19H19N3O7. The van der Waals surface area contributed by atoms with Gasteiger partial charge in [-0.05, 0) is 25.8 Å². The number of carbonyl (C=O) groups excluding carboxylic acids is 4. The molecule has 2 aliphatic rings. The Morgan fingerprint density at radius 1 is 1.21 bits per heavy atom. The maximum absolute atomic E-state index is 12.4. The van der Waals surface area contributed by atoms with E-state index in [9.17, 15) is 29.3 Å². The molecule has 1 aromatic carbocycles. The number of nitro groups is 1. The number of hydrogen-bond donors (Lipinski definition) is 1. The quantitative estimate of drug-likeness (QED) is 0.250. The number of para-hydroxylation sites is 2. The van der Waals surface area contributed by atoms with Gasteiger partial charge in [-0.15, -0.1) is 0 Å². The summed E-state index contributed by atoms with van der Waals surface area (Å²) in [5, 5.41) is 13.3. The summed E-state index contributed by atoms with van der Waals surface area (Å²) in [6.07, 6.45) is 3.30. The molecule has 1 aliphatic carbocycles. The van der Waals surface area contributed by atoms with Crippen LogP contribution in [-0.2, 0) is 23.9 Å². The second kappa shape index (κ2) is 8.21. The first-order valence-corrected chi connectivity index (χ1v) is 9.03. The predicted molar refractivity (Wildman–Crippen MR) is 99.4 cm³/mol. The van der Waals surface area contributed by atoms with Crippen molar-refractivity contribution in [3.63, 3.8) is 0 Å². The summed E-state index contributed by atoms with van der Waals surface area (Å²) in [4.78, 5) is 60.4. The SMILES string of the molecule is CC(OC(=O)CN1C(=O)C2CC=CCC2C1=O)C(=O)Nc1ccccc1[N+](=O)[O-]. The van der Waals surface area contributed by atoms with Crippen LogP contribution in [-0.4, -0.2) is 46.2 Å². The lowest BCUT2D eigenvalue weighted by Crippen LogP contribution is -2.39. The molecule has 1 heterocycles. The van der Waals surface area contributed by atoms with Crippen LogP contribution in [0.4, 0.5) is 11.4 Å². The van der Waals surface area contributed by atoms with Crippen molar-refractivity contribution in [1.29, 1.82) is 0 Å². The van der Waals surface area contributed by atoms with E-state index < -0.39 is 53.1 Å². The molecule has 3 rings (SSSR count). The Morgan fingerprint density at radius 3 is 2.38 bits per heavy atom. The zero-order valence-electron chi connectivity index (χ0n) is 15.6. The number of esters is 1. The third kappa shape index (κ3) is 4.15. The molecule has 1 aliphatic heterocycles. The Balaban J connectivity index is 1.58. The van der Waals surface area contributed by atoms with Crippen molar-refractivity contribution in [2.75, 3.05) is 11.9 Å². The molecule has 0 saturated carbocycles. The number of rotatable bonds is 6. The van der Waals surface area contributed by atoms with Gasteiger partial charge in [0, 0.05) is 6.07 Å². The van der Waals surface area contributed by atoms with Crippen LogP contribution < -0.4 is 5.32 Å². The van der Waals surface area contributed by atoms with Crippen LogP contribution in [0.25, 0.3) is 0 Å². The van der Waals surface area contributed by atoms with Crippen LogP contribution in [0.3, 0.4) is 0 Å². The predicted octanol–water partition coefficient (Wildman–Crippen LogP) is 1.42. The molecule has 1 aromatic rings. The van der Waals surface area contributed by atoms with Crippen molar-refractivity contribution >= 4 is 35.1 Å². The number of nitrogens with one attached hydrogen (secondary N) is 1. The number of imide groups is 1. The zero-order chi connectivity index (χ0) is 21.1. The maximum atomic E-state index is 12.4. The number of fused-ring (bicyclic) bond motifs is 1. The van der Waals surface area contributed by atoms with E-state index >= 15 is 0 Å². The number of nitro benzene ring substituents is 1. The molecule has 0 aromatic heterocycles. The van der Waals surface area contributed by atoms with Gasteiger partial charge in [-0.1, -0.05) is 24.3 Å². The number of ether oxygens (including phenoxy) is 1. The van der Waals surface area contributed by atoms with Crippen molar-refractivity contribution in [1.82, 2.24) is 4.90 Å². The van der Waals surface area contributed by atoms with Crippen LogP contribution in [0.1, 0.15) is 19.8 Å². The highest BCUT2D eigenvalue weighted by molar-refractivity contribution is 6.07. The molecule has 1 N–H and O–H groups in total. The lowest BCUT2D eigenvalue weighted by molar-refractivity contribution is -0.383. The highest BCUT2D eigenvalue weighted by Crippen LogP contribution is 2.34. The monoisotopic (exact) mass is 401 g/mol. The Morgan fingerprint density at radius 2 is 1.79 bits per heavy atom. The minimum absolute atomic E-state index is 0.0353. The maximum Gasteiger partial charge on any atom is 0.326 e. The number of allylic oxidation sites excluding steroid dienone is 2. The van der Waals surface area contributed by atoms with E-state index in [4.69, 9.17) is 4.74 Å². The van der Waals surface area contributed by atoms with Crippen molar-refractivity contribution in [2.45, 2.75) is 25.9 Å². The van der Waals surface area contributed by atoms with E-state index in [-0.39, 0.29) is 11.4 Å². The van der Waals surface area contributed by atoms with Gasteiger partial charge in [0.05, 0.1) is 16.8 Å². The summed E-state index contributed by atoms with van der Waals surface area (Å²) in [7, 11) is 0. The normalized spacial score (nSPS) is 21.5. The molecule has 1 fully saturated rings. The second-order valence-corrected chi connectivity index (χ2v) is 6.81. The summed E-state index contributed by atoms with van der Waals surface area (Å²) < 4.78 is 5.01.